The second-order valence-corrected chi connectivity index (χ2v) is 3.62. The lowest BCUT2D eigenvalue weighted by molar-refractivity contribution is 0.0996. The summed E-state index contributed by atoms with van der Waals surface area (Å²) in [6.45, 7) is 1.82. The van der Waals surface area contributed by atoms with Crippen LogP contribution in [0.25, 0.3) is 0 Å². The fourth-order valence-corrected chi connectivity index (χ4v) is 1.49. The van der Waals surface area contributed by atoms with Crippen LogP contribution in [0.1, 0.15) is 16.1 Å². The maximum Gasteiger partial charge on any atom is 0.291 e. The van der Waals surface area contributed by atoms with E-state index in [2.05, 4.69) is 5.32 Å². The van der Waals surface area contributed by atoms with Gasteiger partial charge >= 0.3 is 0 Å². The minimum atomic E-state index is -0.263. The number of benzene rings is 1. The van der Waals surface area contributed by atoms with E-state index >= 15 is 0 Å². The Balaban J connectivity index is 2.16. The monoisotopic (exact) mass is 231 g/mol. The van der Waals surface area contributed by atoms with Crippen LogP contribution >= 0.6 is 0 Å². The minimum absolute atomic E-state index is 0.263. The number of aryl methyl sites for hydroxylation is 1. The molecule has 0 bridgehead atoms. The van der Waals surface area contributed by atoms with Gasteiger partial charge in [-0.3, -0.25) is 4.79 Å². The SMILES string of the molecule is COc1cccc(NC(=O)c2occc2C)c1. The molecule has 1 N–H and O–H groups in total. The van der Waals surface area contributed by atoms with Gasteiger partial charge in [0.2, 0.25) is 0 Å². The van der Waals surface area contributed by atoms with Crippen LogP contribution in [0.15, 0.2) is 41.0 Å². The van der Waals surface area contributed by atoms with Gasteiger partial charge in [-0.1, -0.05) is 6.07 Å². The van der Waals surface area contributed by atoms with E-state index in [9.17, 15) is 4.79 Å². The van der Waals surface area contributed by atoms with E-state index in [1.807, 2.05) is 19.1 Å². The Kier molecular flexibility index (Phi) is 3.14. The van der Waals surface area contributed by atoms with E-state index < -0.39 is 0 Å². The first kappa shape index (κ1) is 11.3. The van der Waals surface area contributed by atoms with Gasteiger partial charge in [0.05, 0.1) is 13.4 Å². The van der Waals surface area contributed by atoms with Gasteiger partial charge in [-0.2, -0.15) is 0 Å². The predicted molar refractivity (Wildman–Crippen MR) is 64.4 cm³/mol. The summed E-state index contributed by atoms with van der Waals surface area (Å²) in [7, 11) is 1.58. The molecule has 0 spiro atoms. The van der Waals surface area contributed by atoms with Crippen molar-refractivity contribution in [3.8, 4) is 5.75 Å². The molecular formula is C13H13NO3. The summed E-state index contributed by atoms with van der Waals surface area (Å²) in [5.41, 5.74) is 1.48. The van der Waals surface area contributed by atoms with Gasteiger partial charge in [0.1, 0.15) is 5.75 Å². The molecule has 0 aliphatic rings. The van der Waals surface area contributed by atoms with Crippen LogP contribution in [0.4, 0.5) is 5.69 Å². The lowest BCUT2D eigenvalue weighted by atomic mass is 10.2. The first-order valence-corrected chi connectivity index (χ1v) is 5.20. The number of amides is 1. The first-order valence-electron chi connectivity index (χ1n) is 5.20. The molecule has 0 saturated heterocycles. The van der Waals surface area contributed by atoms with Gasteiger partial charge in [0, 0.05) is 17.3 Å². The van der Waals surface area contributed by atoms with Crippen molar-refractivity contribution in [3.05, 3.63) is 47.9 Å². The fourth-order valence-electron chi connectivity index (χ4n) is 1.49. The van der Waals surface area contributed by atoms with E-state index in [-0.39, 0.29) is 5.91 Å². The third-order valence-corrected chi connectivity index (χ3v) is 2.40. The van der Waals surface area contributed by atoms with Crippen LogP contribution in [0, 0.1) is 6.92 Å². The summed E-state index contributed by atoms with van der Waals surface area (Å²) < 4.78 is 10.2. The molecule has 0 unspecified atom stereocenters. The Bertz CT molecular complexity index is 531. The van der Waals surface area contributed by atoms with E-state index in [1.54, 1.807) is 25.3 Å². The van der Waals surface area contributed by atoms with Crippen LogP contribution in [0.5, 0.6) is 5.75 Å². The van der Waals surface area contributed by atoms with Gasteiger partial charge in [0.25, 0.3) is 5.91 Å². The maximum atomic E-state index is 11.8. The maximum absolute atomic E-state index is 11.8. The summed E-state index contributed by atoms with van der Waals surface area (Å²) in [6, 6.07) is 8.91. The summed E-state index contributed by atoms with van der Waals surface area (Å²) in [6.07, 6.45) is 1.50. The van der Waals surface area contributed by atoms with Crippen LogP contribution in [0.2, 0.25) is 0 Å². The molecule has 0 aliphatic heterocycles. The van der Waals surface area contributed by atoms with Gasteiger partial charge in [-0.25, -0.2) is 0 Å². The highest BCUT2D eigenvalue weighted by Gasteiger charge is 2.12. The van der Waals surface area contributed by atoms with Crippen molar-refractivity contribution >= 4 is 11.6 Å². The third kappa shape index (κ3) is 2.47. The normalized spacial score (nSPS) is 10.0. The van der Waals surface area contributed by atoms with E-state index in [0.29, 0.717) is 17.2 Å². The molecule has 1 amide bonds. The zero-order chi connectivity index (χ0) is 12.3. The molecule has 17 heavy (non-hydrogen) atoms. The summed E-state index contributed by atoms with van der Waals surface area (Å²) >= 11 is 0. The van der Waals surface area contributed by atoms with Crippen LogP contribution in [0.3, 0.4) is 0 Å². The number of hydrogen-bond acceptors (Lipinski definition) is 3. The molecule has 4 nitrogen and oxygen atoms in total. The number of methoxy groups -OCH3 is 1. The molecule has 1 aromatic heterocycles. The highest BCUT2D eigenvalue weighted by atomic mass is 16.5. The number of ether oxygens (including phenoxy) is 1. The van der Waals surface area contributed by atoms with Gasteiger partial charge in [-0.15, -0.1) is 0 Å². The largest absolute Gasteiger partial charge is 0.497 e. The van der Waals surface area contributed by atoms with Crippen LogP contribution in [-0.2, 0) is 0 Å². The number of hydrogen-bond donors (Lipinski definition) is 1. The quantitative estimate of drug-likeness (QED) is 0.883. The standard InChI is InChI=1S/C13H13NO3/c1-9-6-7-17-12(9)13(15)14-10-4-3-5-11(8-10)16-2/h3-8H,1-2H3,(H,14,15). The number of anilines is 1. The van der Waals surface area contributed by atoms with Crippen molar-refractivity contribution in [3.63, 3.8) is 0 Å². The van der Waals surface area contributed by atoms with Gasteiger partial charge < -0.3 is 14.5 Å². The lowest BCUT2D eigenvalue weighted by Crippen LogP contribution is -2.11. The fraction of sp³-hybridized carbons (Fsp3) is 0.154. The van der Waals surface area contributed by atoms with Crippen molar-refractivity contribution in [2.45, 2.75) is 6.92 Å². The zero-order valence-corrected chi connectivity index (χ0v) is 9.69. The average Bonchev–Trinajstić information content (AvgIpc) is 2.76. The number of furan rings is 1. The van der Waals surface area contributed by atoms with Gasteiger partial charge in [0.15, 0.2) is 5.76 Å². The molecule has 4 heteroatoms. The molecule has 0 radical (unpaired) electrons. The molecule has 0 fully saturated rings. The smallest absolute Gasteiger partial charge is 0.291 e. The van der Waals surface area contributed by atoms with Crippen molar-refractivity contribution in [2.75, 3.05) is 12.4 Å². The molecule has 2 aromatic rings. The van der Waals surface area contributed by atoms with Crippen LogP contribution < -0.4 is 10.1 Å². The summed E-state index contributed by atoms with van der Waals surface area (Å²) in [5, 5.41) is 2.75. The zero-order valence-electron chi connectivity index (χ0n) is 9.69. The van der Waals surface area contributed by atoms with Crippen molar-refractivity contribution in [1.29, 1.82) is 0 Å². The molecule has 0 atom stereocenters. The van der Waals surface area contributed by atoms with E-state index in [1.165, 1.54) is 6.26 Å². The van der Waals surface area contributed by atoms with Gasteiger partial charge in [-0.05, 0) is 25.1 Å². The molecule has 88 valence electrons. The van der Waals surface area contributed by atoms with E-state index in [0.717, 1.165) is 5.56 Å². The predicted octanol–water partition coefficient (Wildman–Crippen LogP) is 2.85. The summed E-state index contributed by atoms with van der Waals surface area (Å²) in [5.74, 6) is 0.757. The molecule has 0 aliphatic carbocycles. The van der Waals surface area contributed by atoms with E-state index in [4.69, 9.17) is 9.15 Å². The molecule has 1 aromatic carbocycles. The lowest BCUT2D eigenvalue weighted by Gasteiger charge is -2.05. The topological polar surface area (TPSA) is 51.5 Å². The Morgan fingerprint density at radius 3 is 2.82 bits per heavy atom. The Morgan fingerprint density at radius 2 is 2.18 bits per heavy atom. The van der Waals surface area contributed by atoms with Crippen LogP contribution in [-0.4, -0.2) is 13.0 Å². The second kappa shape index (κ2) is 4.74. The number of carbonyl (C=O) groups excluding carboxylic acids is 1. The highest BCUT2D eigenvalue weighted by molar-refractivity contribution is 6.03. The van der Waals surface area contributed by atoms with Crippen molar-refractivity contribution in [2.24, 2.45) is 0 Å². The van der Waals surface area contributed by atoms with Crippen molar-refractivity contribution < 1.29 is 13.9 Å². The average molecular weight is 231 g/mol. The molecule has 0 saturated carbocycles. The summed E-state index contributed by atoms with van der Waals surface area (Å²) in [4.78, 5) is 11.8. The Hall–Kier alpha value is -2.23. The number of nitrogens with one attached hydrogen (secondary N) is 1. The number of rotatable bonds is 3. The highest BCUT2D eigenvalue weighted by Crippen LogP contribution is 2.18. The minimum Gasteiger partial charge on any atom is -0.497 e. The molecular weight excluding hydrogens is 218 g/mol. The third-order valence-electron chi connectivity index (χ3n) is 2.40. The molecule has 2 rings (SSSR count). The number of carbonyl (C=O) groups is 1. The Labute approximate surface area is 99.2 Å². The second-order valence-electron chi connectivity index (χ2n) is 3.62. The Morgan fingerprint density at radius 1 is 1.35 bits per heavy atom. The first-order chi connectivity index (χ1) is 8.20. The molecule has 1 heterocycles. The van der Waals surface area contributed by atoms with Crippen molar-refractivity contribution in [1.82, 2.24) is 0 Å².